The molecule has 4 heteroatoms. The highest BCUT2D eigenvalue weighted by Crippen LogP contribution is 2.24. The van der Waals surface area contributed by atoms with Gasteiger partial charge in [-0.3, -0.25) is 0 Å². The number of imidazole rings is 1. The van der Waals surface area contributed by atoms with Crippen LogP contribution < -0.4 is 0 Å². The first-order valence-electron chi connectivity index (χ1n) is 6.70. The van der Waals surface area contributed by atoms with Gasteiger partial charge in [0.05, 0.1) is 12.2 Å². The second-order valence-corrected chi connectivity index (χ2v) is 6.73. The third kappa shape index (κ3) is 2.57. The van der Waals surface area contributed by atoms with E-state index in [1.54, 1.807) is 0 Å². The summed E-state index contributed by atoms with van der Waals surface area (Å²) in [5, 5.41) is 4.44. The number of nitrogens with zero attached hydrogens (tertiary/aromatic N) is 3. The number of nitrogens with one attached hydrogen (secondary N) is 1. The predicted octanol–water partition coefficient (Wildman–Crippen LogP) is 3.57. The fourth-order valence-corrected chi connectivity index (χ4v) is 2.03. The second-order valence-electron chi connectivity index (χ2n) is 6.73. The number of H-pyrrole nitrogens is 1. The summed E-state index contributed by atoms with van der Waals surface area (Å²) in [6, 6.07) is 0.369. The number of aromatic amines is 1. The highest BCUT2D eigenvalue weighted by Gasteiger charge is 2.19. The van der Waals surface area contributed by atoms with E-state index in [1.807, 2.05) is 10.9 Å². The van der Waals surface area contributed by atoms with Crippen LogP contribution in [0.2, 0.25) is 0 Å². The number of rotatable bonds is 3. The first kappa shape index (κ1) is 13.1. The third-order valence-electron chi connectivity index (χ3n) is 3.34. The van der Waals surface area contributed by atoms with E-state index in [4.69, 9.17) is 4.98 Å². The van der Waals surface area contributed by atoms with E-state index < -0.39 is 0 Å². The van der Waals surface area contributed by atoms with Gasteiger partial charge < -0.3 is 4.98 Å². The van der Waals surface area contributed by atoms with Gasteiger partial charge in [0.2, 0.25) is 0 Å². The first-order valence-corrected chi connectivity index (χ1v) is 6.70. The Morgan fingerprint density at radius 1 is 1.28 bits per heavy atom. The summed E-state index contributed by atoms with van der Waals surface area (Å²) in [6.07, 6.45) is 2.84. The van der Waals surface area contributed by atoms with Gasteiger partial charge in [-0.25, -0.2) is 9.67 Å². The van der Waals surface area contributed by atoms with Crippen LogP contribution >= 0.6 is 0 Å². The molecule has 0 aliphatic carbocycles. The maximum absolute atomic E-state index is 4.71. The summed E-state index contributed by atoms with van der Waals surface area (Å²) in [5.74, 6) is 1.61. The van der Waals surface area contributed by atoms with Crippen molar-refractivity contribution in [3.8, 4) is 0 Å². The van der Waals surface area contributed by atoms with Crippen molar-refractivity contribution in [2.45, 2.75) is 54.0 Å². The largest absolute Gasteiger partial charge is 0.339 e. The molecule has 2 aromatic heterocycles. The quantitative estimate of drug-likeness (QED) is 0.902. The minimum Gasteiger partial charge on any atom is -0.339 e. The average molecular weight is 248 g/mol. The van der Waals surface area contributed by atoms with Crippen LogP contribution in [0.4, 0.5) is 0 Å². The molecule has 0 radical (unpaired) electrons. The summed E-state index contributed by atoms with van der Waals surface area (Å²) >= 11 is 0. The van der Waals surface area contributed by atoms with Gasteiger partial charge in [0.25, 0.3) is 0 Å². The average Bonchev–Trinajstić information content (AvgIpc) is 2.72. The Kier molecular flexibility index (Phi) is 3.21. The molecule has 0 aliphatic heterocycles. The molecule has 1 atom stereocenters. The predicted molar refractivity (Wildman–Crippen MR) is 74.6 cm³/mol. The minimum absolute atomic E-state index is 0.247. The molecule has 0 amide bonds. The highest BCUT2D eigenvalue weighted by atomic mass is 15.3. The third-order valence-corrected chi connectivity index (χ3v) is 3.34. The molecule has 0 aromatic carbocycles. The number of aromatic nitrogens is 4. The topological polar surface area (TPSA) is 46.5 Å². The highest BCUT2D eigenvalue weighted by molar-refractivity contribution is 5.70. The van der Waals surface area contributed by atoms with E-state index in [2.05, 4.69) is 51.6 Å². The lowest BCUT2D eigenvalue weighted by Crippen LogP contribution is -2.13. The van der Waals surface area contributed by atoms with Gasteiger partial charge in [0.1, 0.15) is 11.3 Å². The Morgan fingerprint density at radius 3 is 2.50 bits per heavy atom. The Labute approximate surface area is 109 Å². The summed E-state index contributed by atoms with van der Waals surface area (Å²) in [5.41, 5.74) is 2.27. The van der Waals surface area contributed by atoms with Crippen LogP contribution in [0.3, 0.4) is 0 Å². The van der Waals surface area contributed by atoms with Gasteiger partial charge in [-0.15, -0.1) is 0 Å². The molecule has 2 heterocycles. The standard InChI is InChI=1S/C14H24N4/c1-9(2)10(3)18-13-11(8-15-18)16-12(17-13)7-14(4,5)6/h8-10H,7H2,1-6H3,(H,16,17)/t10-/m1/s1. The van der Waals surface area contributed by atoms with Crippen molar-refractivity contribution in [1.82, 2.24) is 19.7 Å². The molecular formula is C14H24N4. The molecule has 100 valence electrons. The van der Waals surface area contributed by atoms with Crippen molar-refractivity contribution in [3.63, 3.8) is 0 Å². The maximum atomic E-state index is 4.71. The van der Waals surface area contributed by atoms with E-state index in [0.29, 0.717) is 12.0 Å². The molecule has 0 unspecified atom stereocenters. The second kappa shape index (κ2) is 4.41. The van der Waals surface area contributed by atoms with E-state index in [0.717, 1.165) is 23.4 Å². The Morgan fingerprint density at radius 2 is 1.94 bits per heavy atom. The SMILES string of the molecule is CC(C)[C@@H](C)n1ncc2[nH]c(CC(C)(C)C)nc21. The fraction of sp³-hybridized carbons (Fsp3) is 0.714. The van der Waals surface area contributed by atoms with Crippen LogP contribution in [0.5, 0.6) is 0 Å². The zero-order valence-electron chi connectivity index (χ0n) is 12.3. The van der Waals surface area contributed by atoms with E-state index >= 15 is 0 Å². The molecule has 2 aromatic rings. The molecular weight excluding hydrogens is 224 g/mol. The number of hydrogen-bond donors (Lipinski definition) is 1. The van der Waals surface area contributed by atoms with Crippen molar-refractivity contribution in [3.05, 3.63) is 12.0 Å². The van der Waals surface area contributed by atoms with E-state index in [1.165, 1.54) is 0 Å². The molecule has 4 nitrogen and oxygen atoms in total. The van der Waals surface area contributed by atoms with E-state index in [9.17, 15) is 0 Å². The van der Waals surface area contributed by atoms with Crippen molar-refractivity contribution in [1.29, 1.82) is 0 Å². The number of hydrogen-bond acceptors (Lipinski definition) is 2. The van der Waals surface area contributed by atoms with Gasteiger partial charge >= 0.3 is 0 Å². The van der Waals surface area contributed by atoms with Crippen LogP contribution in [0.25, 0.3) is 11.2 Å². The lowest BCUT2D eigenvalue weighted by atomic mass is 9.92. The van der Waals surface area contributed by atoms with Gasteiger partial charge in [-0.05, 0) is 18.3 Å². The monoisotopic (exact) mass is 248 g/mol. The maximum Gasteiger partial charge on any atom is 0.176 e. The molecule has 0 saturated carbocycles. The lowest BCUT2D eigenvalue weighted by molar-refractivity contribution is 0.382. The Balaban J connectivity index is 2.35. The Hall–Kier alpha value is -1.32. The van der Waals surface area contributed by atoms with Crippen LogP contribution in [-0.4, -0.2) is 19.7 Å². The summed E-state index contributed by atoms with van der Waals surface area (Å²) in [7, 11) is 0. The van der Waals surface area contributed by atoms with Crippen molar-refractivity contribution < 1.29 is 0 Å². The van der Waals surface area contributed by atoms with Crippen molar-refractivity contribution in [2.24, 2.45) is 11.3 Å². The lowest BCUT2D eigenvalue weighted by Gasteiger charge is -2.16. The molecule has 0 aliphatic rings. The van der Waals surface area contributed by atoms with Gasteiger partial charge in [-0.2, -0.15) is 5.10 Å². The zero-order valence-corrected chi connectivity index (χ0v) is 12.3. The fourth-order valence-electron chi connectivity index (χ4n) is 2.03. The summed E-state index contributed by atoms with van der Waals surface area (Å²) in [4.78, 5) is 8.08. The zero-order chi connectivity index (χ0) is 13.5. The summed E-state index contributed by atoms with van der Waals surface area (Å²) < 4.78 is 2.03. The molecule has 18 heavy (non-hydrogen) atoms. The first-order chi connectivity index (χ1) is 8.28. The van der Waals surface area contributed by atoms with Crippen molar-refractivity contribution >= 4 is 11.2 Å². The van der Waals surface area contributed by atoms with Gasteiger partial charge in [0, 0.05) is 6.42 Å². The molecule has 0 spiro atoms. The molecule has 0 saturated heterocycles. The molecule has 0 fully saturated rings. The molecule has 1 N–H and O–H groups in total. The smallest absolute Gasteiger partial charge is 0.176 e. The minimum atomic E-state index is 0.247. The van der Waals surface area contributed by atoms with Crippen LogP contribution in [0, 0.1) is 11.3 Å². The van der Waals surface area contributed by atoms with Crippen LogP contribution in [0.15, 0.2) is 6.20 Å². The van der Waals surface area contributed by atoms with E-state index in [-0.39, 0.29) is 5.41 Å². The molecule has 2 rings (SSSR count). The van der Waals surface area contributed by atoms with Crippen molar-refractivity contribution in [2.75, 3.05) is 0 Å². The van der Waals surface area contributed by atoms with Crippen LogP contribution in [0.1, 0.15) is 53.4 Å². The summed E-state index contributed by atoms with van der Waals surface area (Å²) in [6.45, 7) is 13.3. The van der Waals surface area contributed by atoms with Gasteiger partial charge in [-0.1, -0.05) is 34.6 Å². The molecule has 0 bridgehead atoms. The normalized spacial score (nSPS) is 14.6. The number of fused-ring (bicyclic) bond motifs is 1. The van der Waals surface area contributed by atoms with Gasteiger partial charge in [0.15, 0.2) is 5.65 Å². The Bertz CT molecular complexity index is 527. The van der Waals surface area contributed by atoms with Crippen LogP contribution in [-0.2, 0) is 6.42 Å².